The van der Waals surface area contributed by atoms with Crippen LogP contribution in [0.1, 0.15) is 6.42 Å². The second-order valence-electron chi connectivity index (χ2n) is 4.94. The number of hydrogen-bond acceptors (Lipinski definition) is 1. The summed E-state index contributed by atoms with van der Waals surface area (Å²) in [5.41, 5.74) is 1.83. The van der Waals surface area contributed by atoms with Crippen LogP contribution in [0.5, 0.6) is 0 Å². The first-order chi connectivity index (χ1) is 9.16. The van der Waals surface area contributed by atoms with Crippen LogP contribution in [0.2, 0.25) is 0 Å². The minimum Gasteiger partial charge on any atom is -0.359 e. The van der Waals surface area contributed by atoms with Gasteiger partial charge in [-0.1, -0.05) is 18.2 Å². The van der Waals surface area contributed by atoms with Gasteiger partial charge in [-0.25, -0.2) is 4.79 Å². The molecule has 0 aliphatic carbocycles. The number of aromatic amines is 1. The van der Waals surface area contributed by atoms with Crippen LogP contribution in [-0.4, -0.2) is 38.2 Å². The topological polar surface area (TPSA) is 61.4 Å². The highest BCUT2D eigenvalue weighted by Crippen LogP contribution is 2.22. The molecule has 0 fully saturated rings. The molecular formula is C14H21N4O+. The minimum atomic E-state index is -0.154. The minimum absolute atomic E-state index is 0.154. The Kier molecular flexibility index (Phi) is 4.41. The number of benzene rings is 1. The molecule has 0 radical (unpaired) electrons. The van der Waals surface area contributed by atoms with Gasteiger partial charge in [0.2, 0.25) is 0 Å². The van der Waals surface area contributed by atoms with E-state index in [0.717, 1.165) is 29.6 Å². The van der Waals surface area contributed by atoms with Gasteiger partial charge in [-0.15, -0.1) is 0 Å². The summed E-state index contributed by atoms with van der Waals surface area (Å²) in [4.78, 5) is 16.3. The average molecular weight is 261 g/mol. The molecule has 0 saturated carbocycles. The monoisotopic (exact) mass is 261 g/mol. The number of carbonyl (C=O) groups is 1. The van der Waals surface area contributed by atoms with Crippen LogP contribution in [0.4, 0.5) is 10.5 Å². The van der Waals surface area contributed by atoms with Crippen LogP contribution in [0.15, 0.2) is 30.5 Å². The number of amides is 2. The van der Waals surface area contributed by atoms with E-state index in [4.69, 9.17) is 0 Å². The van der Waals surface area contributed by atoms with Crippen molar-refractivity contribution in [3.63, 3.8) is 0 Å². The summed E-state index contributed by atoms with van der Waals surface area (Å²) < 4.78 is 0. The predicted molar refractivity (Wildman–Crippen MR) is 77.6 cm³/mol. The van der Waals surface area contributed by atoms with Crippen LogP contribution in [0, 0.1) is 0 Å². The van der Waals surface area contributed by atoms with E-state index in [1.165, 1.54) is 4.90 Å². The molecule has 0 unspecified atom stereocenters. The van der Waals surface area contributed by atoms with Gasteiger partial charge in [0.05, 0.1) is 26.3 Å². The van der Waals surface area contributed by atoms with Crippen LogP contribution in [-0.2, 0) is 0 Å². The molecule has 1 aromatic heterocycles. The summed E-state index contributed by atoms with van der Waals surface area (Å²) in [5.74, 6) is 0. The Balaban J connectivity index is 1.85. The number of H-pyrrole nitrogens is 1. The molecule has 0 atom stereocenters. The summed E-state index contributed by atoms with van der Waals surface area (Å²) in [6, 6.07) is 7.74. The van der Waals surface area contributed by atoms with Gasteiger partial charge in [0.1, 0.15) is 0 Å². The molecule has 4 N–H and O–H groups in total. The lowest BCUT2D eigenvalue weighted by Gasteiger charge is -2.08. The second kappa shape index (κ2) is 6.24. The first-order valence-corrected chi connectivity index (χ1v) is 6.57. The Morgan fingerprint density at radius 3 is 2.89 bits per heavy atom. The number of quaternary nitrogens is 1. The predicted octanol–water partition coefficient (Wildman–Crippen LogP) is 0.824. The maximum atomic E-state index is 11.8. The number of anilines is 1. The Morgan fingerprint density at radius 1 is 1.32 bits per heavy atom. The molecule has 1 aromatic carbocycles. The van der Waals surface area contributed by atoms with Crippen molar-refractivity contribution in [2.24, 2.45) is 0 Å². The third-order valence-corrected chi connectivity index (χ3v) is 2.98. The Bertz CT molecular complexity index is 547. The zero-order chi connectivity index (χ0) is 13.7. The van der Waals surface area contributed by atoms with Crippen LogP contribution in [0.25, 0.3) is 10.9 Å². The SMILES string of the molecule is C[NH+](C)CCCNC(=O)Nc1c[nH]c2ccccc12. The molecule has 0 aliphatic rings. The zero-order valence-corrected chi connectivity index (χ0v) is 11.4. The molecule has 0 aliphatic heterocycles. The molecule has 0 saturated heterocycles. The fourth-order valence-electron chi connectivity index (χ4n) is 1.99. The smallest absolute Gasteiger partial charge is 0.319 e. The van der Waals surface area contributed by atoms with Crippen molar-refractivity contribution < 1.29 is 9.69 Å². The largest absolute Gasteiger partial charge is 0.359 e. The van der Waals surface area contributed by atoms with Crippen LogP contribution in [0.3, 0.4) is 0 Å². The quantitative estimate of drug-likeness (QED) is 0.592. The molecule has 5 nitrogen and oxygen atoms in total. The summed E-state index contributed by atoms with van der Waals surface area (Å²) in [7, 11) is 4.21. The fraction of sp³-hybridized carbons (Fsp3) is 0.357. The summed E-state index contributed by atoms with van der Waals surface area (Å²) in [5, 5.41) is 6.75. The number of nitrogens with one attached hydrogen (secondary N) is 4. The lowest BCUT2D eigenvalue weighted by molar-refractivity contribution is -0.858. The molecular weight excluding hydrogens is 240 g/mol. The van der Waals surface area contributed by atoms with Crippen molar-refractivity contribution in [2.45, 2.75) is 6.42 Å². The third-order valence-electron chi connectivity index (χ3n) is 2.98. The standard InChI is InChI=1S/C14H20N4O/c1-18(2)9-5-8-15-14(19)17-13-10-16-12-7-4-3-6-11(12)13/h3-4,6-7,10,16H,5,8-9H2,1-2H3,(H2,15,17,19)/p+1. The molecule has 0 bridgehead atoms. The van der Waals surface area contributed by atoms with Crippen molar-refractivity contribution in [1.82, 2.24) is 10.3 Å². The lowest BCUT2D eigenvalue weighted by Crippen LogP contribution is -3.05. The highest BCUT2D eigenvalue weighted by Gasteiger charge is 2.06. The van der Waals surface area contributed by atoms with E-state index in [-0.39, 0.29) is 6.03 Å². The molecule has 0 spiro atoms. The molecule has 1 heterocycles. The number of urea groups is 1. The number of hydrogen-bond donors (Lipinski definition) is 4. The van der Waals surface area contributed by atoms with Gasteiger partial charge < -0.3 is 20.5 Å². The molecule has 19 heavy (non-hydrogen) atoms. The van der Waals surface area contributed by atoms with Gasteiger partial charge in [0.25, 0.3) is 0 Å². The number of fused-ring (bicyclic) bond motifs is 1. The van der Waals surface area contributed by atoms with E-state index in [0.29, 0.717) is 6.54 Å². The normalized spacial score (nSPS) is 10.9. The van der Waals surface area contributed by atoms with Crippen molar-refractivity contribution in [3.8, 4) is 0 Å². The van der Waals surface area contributed by atoms with Crippen molar-refractivity contribution in [2.75, 3.05) is 32.5 Å². The number of aromatic nitrogens is 1. The highest BCUT2D eigenvalue weighted by atomic mass is 16.2. The number of para-hydroxylation sites is 1. The zero-order valence-electron chi connectivity index (χ0n) is 11.4. The lowest BCUT2D eigenvalue weighted by atomic mass is 10.2. The van der Waals surface area contributed by atoms with Gasteiger partial charge in [-0.2, -0.15) is 0 Å². The Labute approximate surface area is 113 Å². The van der Waals surface area contributed by atoms with E-state index in [2.05, 4.69) is 29.7 Å². The maximum absolute atomic E-state index is 11.8. The first kappa shape index (κ1) is 13.4. The Hall–Kier alpha value is -2.01. The van der Waals surface area contributed by atoms with E-state index < -0.39 is 0 Å². The number of rotatable bonds is 5. The summed E-state index contributed by atoms with van der Waals surface area (Å²) in [6.45, 7) is 1.74. The van der Waals surface area contributed by atoms with Gasteiger partial charge in [0, 0.05) is 30.1 Å². The second-order valence-corrected chi connectivity index (χ2v) is 4.94. The van der Waals surface area contributed by atoms with Gasteiger partial charge in [-0.3, -0.25) is 0 Å². The number of carbonyl (C=O) groups excluding carboxylic acids is 1. The van der Waals surface area contributed by atoms with E-state index in [1.54, 1.807) is 0 Å². The first-order valence-electron chi connectivity index (χ1n) is 6.57. The molecule has 2 rings (SSSR count). The van der Waals surface area contributed by atoms with Crippen LogP contribution < -0.4 is 15.5 Å². The average Bonchev–Trinajstić information content (AvgIpc) is 2.78. The highest BCUT2D eigenvalue weighted by molar-refractivity contribution is 6.00. The van der Waals surface area contributed by atoms with Gasteiger partial charge >= 0.3 is 6.03 Å². The van der Waals surface area contributed by atoms with Crippen molar-refractivity contribution >= 4 is 22.6 Å². The maximum Gasteiger partial charge on any atom is 0.319 e. The molecule has 5 heteroatoms. The van der Waals surface area contributed by atoms with Crippen molar-refractivity contribution in [1.29, 1.82) is 0 Å². The van der Waals surface area contributed by atoms with Crippen molar-refractivity contribution in [3.05, 3.63) is 30.5 Å². The van der Waals surface area contributed by atoms with E-state index >= 15 is 0 Å². The molecule has 102 valence electrons. The molecule has 2 amide bonds. The third kappa shape index (κ3) is 3.72. The fourth-order valence-corrected chi connectivity index (χ4v) is 1.99. The summed E-state index contributed by atoms with van der Waals surface area (Å²) >= 11 is 0. The van der Waals surface area contributed by atoms with Gasteiger partial charge in [0.15, 0.2) is 0 Å². The van der Waals surface area contributed by atoms with Gasteiger partial charge in [-0.05, 0) is 6.07 Å². The summed E-state index contributed by atoms with van der Waals surface area (Å²) in [6.07, 6.45) is 2.79. The van der Waals surface area contributed by atoms with E-state index in [9.17, 15) is 4.79 Å². The van der Waals surface area contributed by atoms with Crippen LogP contribution >= 0.6 is 0 Å². The Morgan fingerprint density at radius 2 is 2.11 bits per heavy atom. The van der Waals surface area contributed by atoms with E-state index in [1.807, 2.05) is 30.5 Å². The molecule has 2 aromatic rings.